The highest BCUT2D eigenvalue weighted by Crippen LogP contribution is 2.52. The average molecular weight is 470 g/mol. The summed E-state index contributed by atoms with van der Waals surface area (Å²) in [4.78, 5) is 35.1. The Hall–Kier alpha value is -2.67. The molecular weight excluding hydrogens is 449 g/mol. The summed E-state index contributed by atoms with van der Waals surface area (Å²) in [6.07, 6.45) is 0.905. The summed E-state index contributed by atoms with van der Waals surface area (Å²) in [6.45, 7) is 0.488. The number of hydrogen-bond acceptors (Lipinski definition) is 4. The Kier molecular flexibility index (Phi) is 5.32. The van der Waals surface area contributed by atoms with Gasteiger partial charge in [-0.05, 0) is 48.2 Å². The molecule has 0 bridgehead atoms. The maximum absolute atomic E-state index is 13.0. The summed E-state index contributed by atoms with van der Waals surface area (Å²) in [5.74, 6) is 0.196. The van der Waals surface area contributed by atoms with E-state index in [0.717, 1.165) is 18.4 Å². The number of aliphatic hydroxyl groups is 1. The van der Waals surface area contributed by atoms with E-state index in [1.807, 2.05) is 24.3 Å². The molecule has 3 aromatic rings. The van der Waals surface area contributed by atoms with Gasteiger partial charge in [-0.3, -0.25) is 9.59 Å². The van der Waals surface area contributed by atoms with E-state index in [1.165, 1.54) is 4.90 Å². The molecule has 8 heteroatoms. The number of aromatic amines is 1. The van der Waals surface area contributed by atoms with Crippen molar-refractivity contribution < 1.29 is 9.90 Å². The number of benzene rings is 2. The van der Waals surface area contributed by atoms with Crippen LogP contribution in [-0.2, 0) is 23.2 Å². The van der Waals surface area contributed by atoms with Crippen LogP contribution in [-0.4, -0.2) is 32.4 Å². The topological polar surface area (TPSA) is 86.3 Å². The molecule has 6 nitrogen and oxygen atoms in total. The molecule has 2 aromatic carbocycles. The quantitative estimate of drug-likeness (QED) is 0.608. The molecule has 164 valence electrons. The van der Waals surface area contributed by atoms with Gasteiger partial charge in [0.25, 0.3) is 11.5 Å². The minimum atomic E-state index is -1.33. The zero-order chi connectivity index (χ0) is 22.5. The van der Waals surface area contributed by atoms with Crippen molar-refractivity contribution in [2.24, 2.45) is 0 Å². The van der Waals surface area contributed by atoms with E-state index in [1.54, 1.807) is 24.3 Å². The van der Waals surface area contributed by atoms with Crippen molar-refractivity contribution in [1.29, 1.82) is 0 Å². The maximum Gasteiger partial charge on any atom is 0.256 e. The Labute approximate surface area is 194 Å². The van der Waals surface area contributed by atoms with Crippen LogP contribution in [0.4, 0.5) is 0 Å². The fourth-order valence-electron chi connectivity index (χ4n) is 4.41. The van der Waals surface area contributed by atoms with Crippen molar-refractivity contribution in [3.05, 3.63) is 97.1 Å². The molecule has 1 unspecified atom stereocenters. The molecule has 0 saturated heterocycles. The number of halogens is 2. The molecule has 1 aromatic heterocycles. The van der Waals surface area contributed by atoms with Crippen molar-refractivity contribution >= 4 is 29.1 Å². The highest BCUT2D eigenvalue weighted by atomic mass is 35.5. The van der Waals surface area contributed by atoms with Crippen LogP contribution in [0.15, 0.2) is 53.3 Å². The number of carbonyl (C=O) groups excluding carboxylic acids is 1. The first kappa shape index (κ1) is 21.2. The van der Waals surface area contributed by atoms with Gasteiger partial charge in [-0.1, -0.05) is 47.5 Å². The molecule has 5 rings (SSSR count). The number of nitrogens with zero attached hydrogens (tertiary/aromatic N) is 2. The molecule has 1 amide bonds. The molecule has 1 aliphatic heterocycles. The summed E-state index contributed by atoms with van der Waals surface area (Å²) in [5, 5.41) is 11.6. The third-order valence-corrected chi connectivity index (χ3v) is 6.83. The lowest BCUT2D eigenvalue weighted by molar-refractivity contribution is -0.141. The van der Waals surface area contributed by atoms with Crippen LogP contribution >= 0.6 is 23.2 Å². The number of rotatable bonds is 4. The average Bonchev–Trinajstić information content (AvgIpc) is 3.60. The van der Waals surface area contributed by atoms with Gasteiger partial charge in [0.1, 0.15) is 5.82 Å². The molecule has 2 heterocycles. The summed E-state index contributed by atoms with van der Waals surface area (Å²) in [5.41, 5.74) is 2.09. The molecular formula is C24H21Cl2N3O3. The summed E-state index contributed by atoms with van der Waals surface area (Å²) < 4.78 is 0. The number of carbonyl (C=O) groups is 1. The third-order valence-electron chi connectivity index (χ3n) is 6.36. The van der Waals surface area contributed by atoms with E-state index in [-0.39, 0.29) is 17.5 Å². The molecule has 2 N–H and O–H groups in total. The van der Waals surface area contributed by atoms with Crippen LogP contribution in [0.25, 0.3) is 0 Å². The molecule has 1 saturated carbocycles. The Morgan fingerprint density at radius 2 is 1.84 bits per heavy atom. The van der Waals surface area contributed by atoms with Crippen molar-refractivity contribution in [2.75, 3.05) is 6.54 Å². The van der Waals surface area contributed by atoms with Crippen LogP contribution in [0.2, 0.25) is 10.0 Å². The second kappa shape index (κ2) is 8.03. The van der Waals surface area contributed by atoms with Crippen LogP contribution in [0.3, 0.4) is 0 Å². The monoisotopic (exact) mass is 469 g/mol. The van der Waals surface area contributed by atoms with Gasteiger partial charge in [-0.15, -0.1) is 0 Å². The molecule has 32 heavy (non-hydrogen) atoms. The van der Waals surface area contributed by atoms with Gasteiger partial charge in [0.2, 0.25) is 0 Å². The second-order valence-corrected chi connectivity index (χ2v) is 9.27. The van der Waals surface area contributed by atoms with E-state index in [0.29, 0.717) is 45.7 Å². The minimum absolute atomic E-state index is 0.110. The van der Waals surface area contributed by atoms with Crippen molar-refractivity contribution in [3.8, 4) is 0 Å². The highest BCUT2D eigenvalue weighted by Gasteiger charge is 2.49. The Balaban J connectivity index is 1.41. The third kappa shape index (κ3) is 3.72. The van der Waals surface area contributed by atoms with Gasteiger partial charge < -0.3 is 15.0 Å². The van der Waals surface area contributed by atoms with Crippen molar-refractivity contribution in [1.82, 2.24) is 14.9 Å². The van der Waals surface area contributed by atoms with Crippen LogP contribution in [0, 0.1) is 0 Å². The Morgan fingerprint density at radius 1 is 1.12 bits per heavy atom. The minimum Gasteiger partial charge on any atom is -0.378 e. The Bertz CT molecular complexity index is 1270. The van der Waals surface area contributed by atoms with Crippen molar-refractivity contribution in [3.63, 3.8) is 0 Å². The lowest BCUT2D eigenvalue weighted by atomic mass is 9.94. The number of nitrogens with one attached hydrogen (secondary N) is 1. The van der Waals surface area contributed by atoms with Gasteiger partial charge in [-0.25, -0.2) is 4.98 Å². The van der Waals surface area contributed by atoms with Gasteiger partial charge in [0, 0.05) is 23.0 Å². The van der Waals surface area contributed by atoms with Gasteiger partial charge in [0.15, 0.2) is 6.10 Å². The predicted octanol–water partition coefficient (Wildman–Crippen LogP) is 3.77. The van der Waals surface area contributed by atoms with Crippen LogP contribution in [0.1, 0.15) is 47.2 Å². The van der Waals surface area contributed by atoms with Crippen LogP contribution < -0.4 is 5.56 Å². The van der Waals surface area contributed by atoms with Gasteiger partial charge >= 0.3 is 0 Å². The van der Waals surface area contributed by atoms with Gasteiger partial charge in [-0.2, -0.15) is 0 Å². The van der Waals surface area contributed by atoms with E-state index in [9.17, 15) is 14.7 Å². The van der Waals surface area contributed by atoms with E-state index < -0.39 is 12.0 Å². The fourth-order valence-corrected chi connectivity index (χ4v) is 4.79. The van der Waals surface area contributed by atoms with Crippen LogP contribution in [0.5, 0.6) is 0 Å². The number of H-pyrrole nitrogens is 1. The van der Waals surface area contributed by atoms with E-state index >= 15 is 0 Å². The second-order valence-electron chi connectivity index (χ2n) is 8.40. The lowest BCUT2D eigenvalue weighted by Gasteiger charge is -2.30. The van der Waals surface area contributed by atoms with Crippen molar-refractivity contribution in [2.45, 2.75) is 37.3 Å². The smallest absolute Gasteiger partial charge is 0.256 e. The van der Waals surface area contributed by atoms with E-state index in [2.05, 4.69) is 4.98 Å². The molecule has 1 aliphatic carbocycles. The largest absolute Gasteiger partial charge is 0.378 e. The first-order valence-electron chi connectivity index (χ1n) is 10.5. The number of amides is 1. The number of aliphatic hydroxyl groups excluding tert-OH is 1. The molecule has 1 atom stereocenters. The molecule has 0 radical (unpaired) electrons. The maximum atomic E-state index is 13.0. The number of hydrogen-bond donors (Lipinski definition) is 2. The standard InChI is InChI=1S/C24H21Cl2N3O3/c25-16-5-1-3-14(11-16)20(30)22(32)29-10-7-19-18(13-29)21(31)28-23(27-19)24(8-9-24)15-4-2-6-17(26)12-15/h1-6,11-12,20,30H,7-10,13H2,(H,27,28,31). The first-order valence-corrected chi connectivity index (χ1v) is 11.2. The summed E-state index contributed by atoms with van der Waals surface area (Å²) in [7, 11) is 0. The lowest BCUT2D eigenvalue weighted by Crippen LogP contribution is -2.42. The number of fused-ring (bicyclic) bond motifs is 1. The SMILES string of the molecule is O=C(C(O)c1cccc(Cl)c1)N1CCc2nc(C3(c4cccc(Cl)c4)CC3)[nH]c(=O)c2C1. The zero-order valence-corrected chi connectivity index (χ0v) is 18.7. The normalized spacial score (nSPS) is 17.5. The molecule has 0 spiro atoms. The predicted molar refractivity (Wildman–Crippen MR) is 122 cm³/mol. The Morgan fingerprint density at radius 3 is 2.53 bits per heavy atom. The molecule has 1 fully saturated rings. The zero-order valence-electron chi connectivity index (χ0n) is 17.1. The summed E-state index contributed by atoms with van der Waals surface area (Å²) in [6, 6.07) is 14.2. The molecule has 2 aliphatic rings. The highest BCUT2D eigenvalue weighted by molar-refractivity contribution is 6.30. The van der Waals surface area contributed by atoms with E-state index in [4.69, 9.17) is 28.2 Å². The van der Waals surface area contributed by atoms with Gasteiger partial charge in [0.05, 0.1) is 23.2 Å². The summed E-state index contributed by atoms with van der Waals surface area (Å²) >= 11 is 12.2. The number of aromatic nitrogens is 2. The fraction of sp³-hybridized carbons (Fsp3) is 0.292. The first-order chi connectivity index (χ1) is 15.4.